The average molecular weight is 413 g/mol. The molecule has 4 rings (SSSR count). The molecule has 0 N–H and O–H groups in total. The lowest BCUT2D eigenvalue weighted by atomic mass is 9.86. The monoisotopic (exact) mass is 412 g/mol. The predicted octanol–water partition coefficient (Wildman–Crippen LogP) is 4.84. The van der Waals surface area contributed by atoms with Crippen LogP contribution < -0.4 is 4.74 Å². The maximum atomic E-state index is 6.01. The van der Waals surface area contributed by atoms with Gasteiger partial charge in [-0.15, -0.1) is 10.2 Å². The molecule has 0 aliphatic heterocycles. The summed E-state index contributed by atoms with van der Waals surface area (Å²) in [5.74, 6) is 3.10. The maximum Gasteiger partial charge on any atom is 0.213 e. The van der Waals surface area contributed by atoms with Crippen LogP contribution in [0, 0.1) is 6.92 Å². The molecule has 0 bridgehead atoms. The molecule has 1 aliphatic carbocycles. The number of nitrogens with zero attached hydrogens (tertiary/aromatic N) is 4. The van der Waals surface area contributed by atoms with E-state index in [1.807, 2.05) is 25.1 Å². The van der Waals surface area contributed by atoms with Crippen molar-refractivity contribution in [3.8, 4) is 11.6 Å². The Balaban J connectivity index is 1.47. The largest absolute Gasteiger partial charge is 0.474 e. The first-order valence-corrected chi connectivity index (χ1v) is 9.75. The van der Waals surface area contributed by atoms with E-state index in [-0.39, 0.29) is 6.10 Å². The lowest BCUT2D eigenvalue weighted by Gasteiger charge is -2.28. The van der Waals surface area contributed by atoms with Crippen molar-refractivity contribution in [2.24, 2.45) is 0 Å². The van der Waals surface area contributed by atoms with Gasteiger partial charge in [0.25, 0.3) is 0 Å². The van der Waals surface area contributed by atoms with Gasteiger partial charge in [-0.1, -0.05) is 22.0 Å². The molecule has 2 heterocycles. The van der Waals surface area contributed by atoms with Crippen LogP contribution in [-0.2, 0) is 0 Å². The van der Waals surface area contributed by atoms with Crippen LogP contribution >= 0.6 is 15.9 Å². The molecule has 134 valence electrons. The summed E-state index contributed by atoms with van der Waals surface area (Å²) in [4.78, 5) is 4.26. The molecule has 1 fully saturated rings. The zero-order valence-corrected chi connectivity index (χ0v) is 16.3. The Hall–Kier alpha value is -2.21. The summed E-state index contributed by atoms with van der Waals surface area (Å²) in [6, 6.07) is 14.1. The Bertz CT molecular complexity index is 855. The first kappa shape index (κ1) is 17.2. The Morgan fingerprint density at radius 3 is 2.46 bits per heavy atom. The third kappa shape index (κ3) is 3.65. The Kier molecular flexibility index (Phi) is 5.02. The summed E-state index contributed by atoms with van der Waals surface area (Å²) in [6.07, 6.45) is 6.11. The van der Waals surface area contributed by atoms with Gasteiger partial charge in [0.2, 0.25) is 5.88 Å². The van der Waals surface area contributed by atoms with Gasteiger partial charge in [0.05, 0.1) is 0 Å². The van der Waals surface area contributed by atoms with Crippen LogP contribution in [0.15, 0.2) is 53.1 Å². The van der Waals surface area contributed by atoms with E-state index in [1.165, 1.54) is 0 Å². The van der Waals surface area contributed by atoms with Gasteiger partial charge in [-0.3, -0.25) is 4.57 Å². The number of aromatic nitrogens is 4. The second-order valence-electron chi connectivity index (χ2n) is 6.68. The Morgan fingerprint density at radius 2 is 1.77 bits per heavy atom. The van der Waals surface area contributed by atoms with Crippen LogP contribution in [0.4, 0.5) is 0 Å². The van der Waals surface area contributed by atoms with E-state index in [4.69, 9.17) is 4.74 Å². The third-order valence-electron chi connectivity index (χ3n) is 4.90. The highest BCUT2D eigenvalue weighted by Gasteiger charge is 2.28. The lowest BCUT2D eigenvalue weighted by molar-refractivity contribution is 0.139. The second-order valence-corrected chi connectivity index (χ2v) is 7.59. The zero-order chi connectivity index (χ0) is 17.9. The van der Waals surface area contributed by atoms with Gasteiger partial charge in [0.15, 0.2) is 0 Å². The smallest absolute Gasteiger partial charge is 0.213 e. The van der Waals surface area contributed by atoms with E-state index in [2.05, 4.69) is 59.9 Å². The highest BCUT2D eigenvalue weighted by atomic mass is 79.9. The molecule has 0 atom stereocenters. The van der Waals surface area contributed by atoms with Gasteiger partial charge in [-0.25, -0.2) is 4.98 Å². The van der Waals surface area contributed by atoms with Crippen molar-refractivity contribution in [1.82, 2.24) is 19.7 Å². The average Bonchev–Trinajstić information content (AvgIpc) is 3.05. The molecular formula is C20H21BrN4O. The molecule has 3 aromatic rings. The normalized spacial score (nSPS) is 20.1. The summed E-state index contributed by atoms with van der Waals surface area (Å²) in [5.41, 5.74) is 1.11. The molecule has 0 spiro atoms. The number of halogens is 1. The van der Waals surface area contributed by atoms with Crippen molar-refractivity contribution in [1.29, 1.82) is 0 Å². The quantitative estimate of drug-likeness (QED) is 0.614. The highest BCUT2D eigenvalue weighted by molar-refractivity contribution is 9.10. The van der Waals surface area contributed by atoms with Gasteiger partial charge < -0.3 is 4.74 Å². The fourth-order valence-electron chi connectivity index (χ4n) is 3.58. The molecule has 2 aromatic heterocycles. The van der Waals surface area contributed by atoms with Crippen LogP contribution in [0.2, 0.25) is 0 Å². The van der Waals surface area contributed by atoms with E-state index < -0.39 is 0 Å². The second kappa shape index (κ2) is 7.58. The van der Waals surface area contributed by atoms with Crippen molar-refractivity contribution >= 4 is 15.9 Å². The van der Waals surface area contributed by atoms with Crippen molar-refractivity contribution in [2.75, 3.05) is 0 Å². The SMILES string of the molecule is Cc1nnc(C2CCC(Oc3ccccn3)CC2)n1-c1ccc(Br)cc1. The summed E-state index contributed by atoms with van der Waals surface area (Å²) in [5, 5.41) is 8.83. The van der Waals surface area contributed by atoms with Crippen LogP contribution in [0.3, 0.4) is 0 Å². The van der Waals surface area contributed by atoms with Crippen LogP contribution in [-0.4, -0.2) is 25.9 Å². The minimum atomic E-state index is 0.228. The van der Waals surface area contributed by atoms with Crippen molar-refractivity contribution < 1.29 is 4.74 Å². The Morgan fingerprint density at radius 1 is 1.00 bits per heavy atom. The molecule has 6 heteroatoms. The molecule has 1 saturated carbocycles. The number of ether oxygens (including phenoxy) is 1. The number of aryl methyl sites for hydroxylation is 1. The minimum absolute atomic E-state index is 0.228. The van der Waals surface area contributed by atoms with Gasteiger partial charge in [-0.2, -0.15) is 0 Å². The first-order chi connectivity index (χ1) is 12.7. The summed E-state index contributed by atoms with van der Waals surface area (Å²) < 4.78 is 9.26. The zero-order valence-electron chi connectivity index (χ0n) is 14.7. The number of pyridine rings is 1. The van der Waals surface area contributed by atoms with E-state index in [9.17, 15) is 0 Å². The number of rotatable bonds is 4. The van der Waals surface area contributed by atoms with E-state index in [0.29, 0.717) is 11.8 Å². The summed E-state index contributed by atoms with van der Waals surface area (Å²) in [6.45, 7) is 2.01. The van der Waals surface area contributed by atoms with Crippen LogP contribution in [0.5, 0.6) is 5.88 Å². The molecule has 0 unspecified atom stereocenters. The number of hydrogen-bond donors (Lipinski definition) is 0. The van der Waals surface area contributed by atoms with E-state index in [0.717, 1.165) is 47.5 Å². The van der Waals surface area contributed by atoms with Gasteiger partial charge >= 0.3 is 0 Å². The third-order valence-corrected chi connectivity index (χ3v) is 5.43. The lowest BCUT2D eigenvalue weighted by Crippen LogP contribution is -2.25. The number of hydrogen-bond acceptors (Lipinski definition) is 4. The van der Waals surface area contributed by atoms with Crippen molar-refractivity contribution in [3.05, 3.63) is 64.8 Å². The van der Waals surface area contributed by atoms with Crippen LogP contribution in [0.25, 0.3) is 5.69 Å². The molecule has 1 aliphatic rings. The van der Waals surface area contributed by atoms with Gasteiger partial charge in [-0.05, 0) is 62.9 Å². The molecular weight excluding hydrogens is 392 g/mol. The first-order valence-electron chi connectivity index (χ1n) is 8.96. The molecule has 0 amide bonds. The van der Waals surface area contributed by atoms with E-state index in [1.54, 1.807) is 6.20 Å². The predicted molar refractivity (Wildman–Crippen MR) is 104 cm³/mol. The van der Waals surface area contributed by atoms with Gasteiger partial charge in [0, 0.05) is 28.3 Å². The molecule has 5 nitrogen and oxygen atoms in total. The fourth-order valence-corrected chi connectivity index (χ4v) is 3.84. The van der Waals surface area contributed by atoms with Crippen molar-refractivity contribution in [3.63, 3.8) is 0 Å². The summed E-state index contributed by atoms with van der Waals surface area (Å²) in [7, 11) is 0. The Labute approximate surface area is 161 Å². The highest BCUT2D eigenvalue weighted by Crippen LogP contribution is 2.34. The minimum Gasteiger partial charge on any atom is -0.474 e. The molecule has 0 saturated heterocycles. The fraction of sp³-hybridized carbons (Fsp3) is 0.350. The van der Waals surface area contributed by atoms with Crippen molar-refractivity contribution in [2.45, 2.75) is 44.6 Å². The van der Waals surface area contributed by atoms with Crippen LogP contribution in [0.1, 0.15) is 43.3 Å². The molecule has 1 aromatic carbocycles. The standard InChI is InChI=1S/C20H21BrN4O/c1-14-23-24-20(25(14)17-9-7-16(21)8-10-17)15-5-11-18(12-6-15)26-19-4-2-3-13-22-19/h2-4,7-10,13,15,18H,5-6,11-12H2,1H3. The molecule has 26 heavy (non-hydrogen) atoms. The van der Waals surface area contributed by atoms with Gasteiger partial charge in [0.1, 0.15) is 17.8 Å². The number of benzene rings is 1. The topological polar surface area (TPSA) is 52.8 Å². The maximum absolute atomic E-state index is 6.01. The van der Waals surface area contributed by atoms with E-state index >= 15 is 0 Å². The molecule has 0 radical (unpaired) electrons. The summed E-state index contributed by atoms with van der Waals surface area (Å²) >= 11 is 3.50.